The zero-order valence-corrected chi connectivity index (χ0v) is 16.9. The summed E-state index contributed by atoms with van der Waals surface area (Å²) in [5.41, 5.74) is 4.49. The van der Waals surface area contributed by atoms with Crippen LogP contribution in [0.15, 0.2) is 60.4 Å². The van der Waals surface area contributed by atoms with Gasteiger partial charge in [-0.3, -0.25) is 4.79 Å². The van der Waals surface area contributed by atoms with Gasteiger partial charge in [-0.1, -0.05) is 42.5 Å². The molecule has 1 N–H and O–H groups in total. The van der Waals surface area contributed by atoms with Gasteiger partial charge in [0.2, 0.25) is 0 Å². The molecule has 0 aliphatic heterocycles. The SMILES string of the molecule is Cc1cc(OCc2ccccc2)cc(C)c1C1=C(O)C2C3C=CC(CC3)C2C1=O. The number of benzene rings is 2. The fourth-order valence-corrected chi connectivity index (χ4v) is 5.58. The lowest BCUT2D eigenvalue weighted by Gasteiger charge is -2.40. The Hall–Kier alpha value is -2.81. The molecule has 4 aliphatic carbocycles. The largest absolute Gasteiger partial charge is 0.511 e. The number of carbonyl (C=O) groups is 1. The van der Waals surface area contributed by atoms with Gasteiger partial charge in [-0.25, -0.2) is 0 Å². The van der Waals surface area contributed by atoms with E-state index in [2.05, 4.69) is 12.2 Å². The molecule has 4 atom stereocenters. The number of rotatable bonds is 4. The van der Waals surface area contributed by atoms with Gasteiger partial charge in [0.1, 0.15) is 18.1 Å². The van der Waals surface area contributed by atoms with Crippen LogP contribution in [0.2, 0.25) is 0 Å². The van der Waals surface area contributed by atoms with Crippen molar-refractivity contribution in [1.82, 2.24) is 0 Å². The van der Waals surface area contributed by atoms with Crippen molar-refractivity contribution < 1.29 is 14.6 Å². The Kier molecular flexibility index (Phi) is 4.34. The third-order valence-corrected chi connectivity index (χ3v) is 6.87. The Balaban J connectivity index is 1.46. The number of hydrogen-bond donors (Lipinski definition) is 1. The number of ether oxygens (including phenoxy) is 1. The maximum Gasteiger partial charge on any atom is 0.171 e. The van der Waals surface area contributed by atoms with Gasteiger partial charge in [-0.2, -0.15) is 0 Å². The smallest absolute Gasteiger partial charge is 0.171 e. The summed E-state index contributed by atoms with van der Waals surface area (Å²) in [5.74, 6) is 1.67. The first-order valence-corrected chi connectivity index (χ1v) is 10.5. The maximum atomic E-state index is 13.4. The number of aryl methyl sites for hydroxylation is 2. The minimum Gasteiger partial charge on any atom is -0.511 e. The van der Waals surface area contributed by atoms with Crippen LogP contribution < -0.4 is 4.74 Å². The average Bonchev–Trinajstić information content (AvgIpc) is 3.01. The second-order valence-corrected chi connectivity index (χ2v) is 8.67. The minimum atomic E-state index is -0.0819. The number of Topliss-reactive ketones (excluding diaryl/α,β-unsaturated/α-hetero) is 1. The summed E-state index contributed by atoms with van der Waals surface area (Å²) in [5, 5.41) is 11.1. The van der Waals surface area contributed by atoms with E-state index in [4.69, 9.17) is 4.74 Å². The van der Waals surface area contributed by atoms with Crippen LogP contribution in [-0.2, 0) is 11.4 Å². The molecule has 3 nitrogen and oxygen atoms in total. The highest BCUT2D eigenvalue weighted by atomic mass is 16.5. The minimum absolute atomic E-state index is 0.0333. The van der Waals surface area contributed by atoms with E-state index in [1.807, 2.05) is 56.3 Å². The molecule has 148 valence electrons. The predicted octanol–water partition coefficient (Wildman–Crippen LogP) is 5.56. The number of allylic oxidation sites excluding steroid dienone is 4. The number of aliphatic hydroxyl groups excluding tert-OH is 1. The summed E-state index contributed by atoms with van der Waals surface area (Å²) in [6, 6.07) is 14.0. The standard InChI is InChI=1S/C26H26O3/c1-15-12-20(29-14-17-6-4-3-5-7-17)13-16(2)21(15)24-25(27)22-18-8-9-19(11-10-18)23(22)26(24)28/h3-9,12-13,18-19,22-23,27H,10-11,14H2,1-2H3. The molecule has 4 aliphatic rings. The lowest BCUT2D eigenvalue weighted by Crippen LogP contribution is -2.38. The molecule has 6 rings (SSSR count). The summed E-state index contributed by atoms with van der Waals surface area (Å²) in [6.45, 7) is 4.51. The van der Waals surface area contributed by atoms with Crippen LogP contribution in [0.1, 0.15) is 35.1 Å². The Bertz CT molecular complexity index is 1010. The van der Waals surface area contributed by atoms with Crippen molar-refractivity contribution >= 4 is 11.4 Å². The van der Waals surface area contributed by atoms with Crippen molar-refractivity contribution in [3.05, 3.63) is 82.6 Å². The van der Waals surface area contributed by atoms with Gasteiger partial charge < -0.3 is 9.84 Å². The molecule has 0 heterocycles. The molecule has 3 heteroatoms. The van der Waals surface area contributed by atoms with E-state index in [1.54, 1.807) is 0 Å². The second kappa shape index (κ2) is 6.91. The van der Waals surface area contributed by atoms with Gasteiger partial charge >= 0.3 is 0 Å². The summed E-state index contributed by atoms with van der Waals surface area (Å²) in [4.78, 5) is 13.4. The van der Waals surface area contributed by atoms with E-state index < -0.39 is 0 Å². The molecular weight excluding hydrogens is 360 g/mol. The molecule has 2 aromatic rings. The summed E-state index contributed by atoms with van der Waals surface area (Å²) >= 11 is 0. The van der Waals surface area contributed by atoms with Crippen LogP contribution in [0.4, 0.5) is 0 Å². The quantitative estimate of drug-likeness (QED) is 0.700. The van der Waals surface area contributed by atoms with Gasteiger partial charge in [0.25, 0.3) is 0 Å². The van der Waals surface area contributed by atoms with E-state index >= 15 is 0 Å². The average molecular weight is 386 g/mol. The van der Waals surface area contributed by atoms with Crippen LogP contribution in [0, 0.1) is 37.5 Å². The van der Waals surface area contributed by atoms with Gasteiger partial charge in [0.15, 0.2) is 5.78 Å². The van der Waals surface area contributed by atoms with E-state index in [-0.39, 0.29) is 23.5 Å². The van der Waals surface area contributed by atoms with Crippen molar-refractivity contribution in [2.45, 2.75) is 33.3 Å². The Labute approximate surface area is 171 Å². The molecule has 0 spiro atoms. The van der Waals surface area contributed by atoms with Crippen LogP contribution >= 0.6 is 0 Å². The molecule has 0 aromatic heterocycles. The highest BCUT2D eigenvalue weighted by Gasteiger charge is 2.53. The summed E-state index contributed by atoms with van der Waals surface area (Å²) in [6.07, 6.45) is 6.53. The molecule has 0 radical (unpaired) electrons. The van der Waals surface area contributed by atoms with Gasteiger partial charge in [0, 0.05) is 11.8 Å². The van der Waals surface area contributed by atoms with Gasteiger partial charge in [-0.15, -0.1) is 0 Å². The molecule has 29 heavy (non-hydrogen) atoms. The first-order chi connectivity index (χ1) is 14.0. The van der Waals surface area contributed by atoms with Gasteiger partial charge in [0.05, 0.1) is 5.57 Å². The highest BCUT2D eigenvalue weighted by molar-refractivity contribution is 6.25. The van der Waals surface area contributed by atoms with Crippen LogP contribution in [0.5, 0.6) is 5.75 Å². The first-order valence-electron chi connectivity index (χ1n) is 10.5. The first kappa shape index (κ1) is 18.2. The molecule has 2 bridgehead atoms. The number of fused-ring (bicyclic) bond motifs is 1. The summed E-state index contributed by atoms with van der Waals surface area (Å²) < 4.78 is 5.99. The molecule has 1 saturated carbocycles. The van der Waals surface area contributed by atoms with Crippen molar-refractivity contribution in [1.29, 1.82) is 0 Å². The molecule has 4 unspecified atom stereocenters. The predicted molar refractivity (Wildman–Crippen MR) is 114 cm³/mol. The number of ketones is 1. The zero-order valence-electron chi connectivity index (χ0n) is 16.9. The van der Waals surface area contributed by atoms with E-state index in [0.29, 0.717) is 23.9 Å². The van der Waals surface area contributed by atoms with E-state index in [1.165, 1.54) is 0 Å². The number of carbonyl (C=O) groups excluding carboxylic acids is 1. The van der Waals surface area contributed by atoms with Crippen LogP contribution in [0.25, 0.3) is 5.57 Å². The third-order valence-electron chi connectivity index (χ3n) is 6.87. The van der Waals surface area contributed by atoms with Crippen LogP contribution in [0.3, 0.4) is 0 Å². The van der Waals surface area contributed by atoms with Crippen molar-refractivity contribution in [2.24, 2.45) is 23.7 Å². The Morgan fingerprint density at radius 2 is 1.59 bits per heavy atom. The van der Waals surface area contributed by atoms with Gasteiger partial charge in [-0.05, 0) is 72.9 Å². The molecule has 2 aromatic carbocycles. The van der Waals surface area contributed by atoms with Crippen molar-refractivity contribution in [3.8, 4) is 5.75 Å². The number of aliphatic hydroxyl groups is 1. The Morgan fingerprint density at radius 1 is 0.966 bits per heavy atom. The highest BCUT2D eigenvalue weighted by Crippen LogP contribution is 2.54. The monoisotopic (exact) mass is 386 g/mol. The lowest BCUT2D eigenvalue weighted by molar-refractivity contribution is -0.120. The Morgan fingerprint density at radius 3 is 2.17 bits per heavy atom. The maximum absolute atomic E-state index is 13.4. The molecule has 0 amide bonds. The number of hydrogen-bond acceptors (Lipinski definition) is 3. The lowest BCUT2D eigenvalue weighted by atomic mass is 9.63. The van der Waals surface area contributed by atoms with Crippen molar-refractivity contribution in [2.75, 3.05) is 0 Å². The molecule has 0 saturated heterocycles. The third kappa shape index (κ3) is 2.91. The van der Waals surface area contributed by atoms with E-state index in [9.17, 15) is 9.90 Å². The fraction of sp³-hybridized carbons (Fsp3) is 0.346. The topological polar surface area (TPSA) is 46.5 Å². The fourth-order valence-electron chi connectivity index (χ4n) is 5.58. The molecule has 1 fully saturated rings. The van der Waals surface area contributed by atoms with Crippen molar-refractivity contribution in [3.63, 3.8) is 0 Å². The van der Waals surface area contributed by atoms with Crippen LogP contribution in [-0.4, -0.2) is 10.9 Å². The van der Waals surface area contributed by atoms with E-state index in [0.717, 1.165) is 40.8 Å². The second-order valence-electron chi connectivity index (χ2n) is 8.67. The summed E-state index contributed by atoms with van der Waals surface area (Å²) in [7, 11) is 0. The normalized spacial score (nSPS) is 27.4. The zero-order chi connectivity index (χ0) is 20.1. The molecular formula is C26H26O3.